The van der Waals surface area contributed by atoms with Gasteiger partial charge in [0.1, 0.15) is 4.60 Å². The number of hydrogen-bond donors (Lipinski definition) is 0. The Morgan fingerprint density at radius 2 is 1.05 bits per heavy atom. The van der Waals surface area contributed by atoms with Crippen LogP contribution >= 0.6 is 143 Å². The van der Waals surface area contributed by atoms with E-state index in [0.717, 1.165) is 48.2 Å². The van der Waals surface area contributed by atoms with Crippen molar-refractivity contribution in [2.75, 3.05) is 0 Å². The number of fused-ring (bicyclic) bond motifs is 6. The van der Waals surface area contributed by atoms with Gasteiger partial charge in [0.05, 0.1) is 22.1 Å². The Morgan fingerprint density at radius 1 is 0.659 bits per heavy atom. The molecule has 4 heterocycles. The Morgan fingerprint density at radius 3 is 1.57 bits per heavy atom. The summed E-state index contributed by atoms with van der Waals surface area (Å²) in [7, 11) is 1.78. The third-order valence-corrected chi connectivity index (χ3v) is 5.69. The third kappa shape index (κ3) is 15.0. The molecular formula is C27H25Br9N4O2P2. The monoisotopic (exact) mass is 1210 g/mol. The van der Waals surface area contributed by atoms with E-state index in [1.165, 1.54) is 0 Å². The van der Waals surface area contributed by atoms with Crippen molar-refractivity contribution in [2.45, 2.75) is 14.9 Å². The molecule has 2 aromatic carbocycles. The second-order valence-electron chi connectivity index (χ2n) is 8.19. The largest absolute Gasteiger partial charge is 0.309 e. The predicted molar refractivity (Wildman–Crippen MR) is 229 cm³/mol. The second-order valence-corrected chi connectivity index (χ2v) is 78.5. The van der Waals surface area contributed by atoms with Gasteiger partial charge in [-0.05, 0) is 40.2 Å². The summed E-state index contributed by atoms with van der Waals surface area (Å²) in [6.07, 6.45) is 3.55. The Hall–Kier alpha value is 0.860. The van der Waals surface area contributed by atoms with Gasteiger partial charge in [-0.1, -0.05) is 57.3 Å². The van der Waals surface area contributed by atoms with Crippen LogP contribution < -0.4 is 5.56 Å². The topological polar surface area (TPSA) is 77.7 Å². The number of benzene rings is 2. The van der Waals surface area contributed by atoms with Gasteiger partial charge in [-0.25, -0.2) is 4.98 Å². The minimum atomic E-state index is -2.20. The van der Waals surface area contributed by atoms with Crippen LogP contribution in [0.4, 0.5) is 0 Å². The fourth-order valence-electron chi connectivity index (χ4n) is 3.72. The van der Waals surface area contributed by atoms with Gasteiger partial charge < -0.3 is 4.57 Å². The van der Waals surface area contributed by atoms with Crippen LogP contribution in [-0.4, -0.2) is 19.5 Å². The van der Waals surface area contributed by atoms with Crippen molar-refractivity contribution in [1.29, 1.82) is 0 Å². The Kier molecular flexibility index (Phi) is 17.6. The molecule has 0 aliphatic rings. The zero-order valence-corrected chi connectivity index (χ0v) is 37.0. The maximum atomic E-state index is 11.6. The van der Waals surface area contributed by atoms with E-state index in [9.17, 15) is 9.36 Å². The molecule has 0 fully saturated rings. The van der Waals surface area contributed by atoms with Crippen LogP contribution in [-0.2, 0) is 11.6 Å². The summed E-state index contributed by atoms with van der Waals surface area (Å²) in [5, 5.41) is 4.32. The first-order valence-corrected chi connectivity index (χ1v) is 32.2. The Balaban J connectivity index is 0.000000322. The van der Waals surface area contributed by atoms with Crippen molar-refractivity contribution in [3.63, 3.8) is 0 Å². The summed E-state index contributed by atoms with van der Waals surface area (Å²) in [5.74, 6) is 0. The molecule has 238 valence electrons. The average Bonchev–Trinajstić information content (AvgIpc) is 2.88. The molecule has 0 spiro atoms. The zero-order valence-electron chi connectivity index (χ0n) is 21.0. The SMILES string of the molecule is BrP(Br)(Br)(Br)Br.Brc1ccc2ccc3cccnc3c2n1.C.C.Cn1c(=O)ccc2ccc3cccnc3c21.O=P(Br)(Br)Br. The quantitative estimate of drug-likeness (QED) is 0.0860. The van der Waals surface area contributed by atoms with Gasteiger partial charge >= 0.3 is 77.6 Å². The van der Waals surface area contributed by atoms with Crippen molar-refractivity contribution in [2.24, 2.45) is 7.05 Å². The minimum absolute atomic E-state index is 0. The van der Waals surface area contributed by atoms with Crippen molar-refractivity contribution in [3.05, 3.63) is 100 Å². The third-order valence-electron chi connectivity index (χ3n) is 5.25. The number of aryl methyl sites for hydroxylation is 1. The summed E-state index contributed by atoms with van der Waals surface area (Å²) in [6.45, 7) is 0. The van der Waals surface area contributed by atoms with Crippen LogP contribution in [0.5, 0.6) is 0 Å². The van der Waals surface area contributed by atoms with Gasteiger partial charge in [-0.2, -0.15) is 0 Å². The molecule has 0 N–H and O–H groups in total. The first kappa shape index (κ1) is 42.9. The van der Waals surface area contributed by atoms with E-state index in [1.54, 1.807) is 30.1 Å². The normalized spacial score (nSPS) is 11.7. The molecule has 0 unspecified atom stereocenters. The number of nitrogens with zero attached hydrogens (tertiary/aromatic N) is 4. The number of pyridine rings is 4. The Labute approximate surface area is 328 Å². The fraction of sp³-hybridized carbons (Fsp3) is 0.111. The minimum Gasteiger partial charge on any atom is -0.309 e. The molecule has 0 aliphatic heterocycles. The standard InChI is InChI=1S/C13H10N2O.C12H7BrN2.2CH4.Br5P.Br3OP/c1-15-11(16)7-6-10-5-4-9-3-2-8-14-12(9)13(10)15;13-10-6-5-9-4-3-8-2-1-7-14-11(8)12(9)15-10;;;1-6(2,3,4)5;1-5(2,3)4/h2-8H,1H3;1-7H;2*1H4;;. The number of aromatic nitrogens is 4. The van der Waals surface area contributed by atoms with E-state index >= 15 is 0 Å². The number of rotatable bonds is 0. The van der Waals surface area contributed by atoms with E-state index in [1.807, 2.05) is 54.6 Å². The molecule has 6 nitrogen and oxygen atoms in total. The molecule has 6 aromatic rings. The van der Waals surface area contributed by atoms with E-state index in [0.29, 0.717) is 0 Å². The van der Waals surface area contributed by atoms with Gasteiger partial charge in [0, 0.05) is 93.5 Å². The fourth-order valence-corrected chi connectivity index (χ4v) is 4.02. The van der Waals surface area contributed by atoms with Crippen LogP contribution in [0, 0.1) is 0 Å². The molecule has 0 atom stereocenters. The molecule has 0 amide bonds. The smallest absolute Gasteiger partial charge is 0.268 e. The van der Waals surface area contributed by atoms with Crippen LogP contribution in [0.2, 0.25) is 0 Å². The van der Waals surface area contributed by atoms with Crippen LogP contribution in [0.1, 0.15) is 14.9 Å². The molecule has 6 rings (SSSR count). The number of hydrogen-bond acceptors (Lipinski definition) is 5. The zero-order chi connectivity index (χ0) is 31.3. The summed E-state index contributed by atoms with van der Waals surface area (Å²) in [4.78, 5) is 24.8. The first-order valence-electron chi connectivity index (χ1n) is 11.3. The summed E-state index contributed by atoms with van der Waals surface area (Å²) >= 11 is 28.1. The van der Waals surface area contributed by atoms with Crippen LogP contribution in [0.25, 0.3) is 43.6 Å². The van der Waals surface area contributed by atoms with Crippen molar-refractivity contribution >= 4 is 187 Å². The van der Waals surface area contributed by atoms with E-state index in [-0.39, 0.29) is 20.4 Å². The van der Waals surface area contributed by atoms with Crippen LogP contribution in [0.3, 0.4) is 0 Å². The molecule has 44 heavy (non-hydrogen) atoms. The summed E-state index contributed by atoms with van der Waals surface area (Å²) in [6, 6.07) is 23.5. The molecule has 4 aromatic heterocycles. The van der Waals surface area contributed by atoms with Gasteiger partial charge in [0.15, 0.2) is 0 Å². The van der Waals surface area contributed by atoms with Crippen molar-refractivity contribution in [3.8, 4) is 0 Å². The maximum Gasteiger partial charge on any atom is 0.268 e. The molecule has 0 aliphatic carbocycles. The molecule has 0 saturated heterocycles. The molecule has 0 saturated carbocycles. The molecule has 0 radical (unpaired) electrons. The van der Waals surface area contributed by atoms with Gasteiger partial charge in [0.2, 0.25) is 0 Å². The number of halogens is 9. The van der Waals surface area contributed by atoms with E-state index in [2.05, 4.69) is 167 Å². The predicted octanol–water partition coefficient (Wildman–Crippen LogP) is 15.3. The van der Waals surface area contributed by atoms with Gasteiger partial charge in [-0.3, -0.25) is 19.3 Å². The van der Waals surface area contributed by atoms with Gasteiger partial charge in [-0.15, -0.1) is 0 Å². The summed E-state index contributed by atoms with van der Waals surface area (Å²) in [5.41, 5.74) is 3.66. The van der Waals surface area contributed by atoms with E-state index in [4.69, 9.17) is 0 Å². The first-order chi connectivity index (χ1) is 19.4. The average molecular weight is 1220 g/mol. The molecular weight excluding hydrogens is 1190 g/mol. The van der Waals surface area contributed by atoms with Gasteiger partial charge in [0.25, 0.3) is 8.81 Å². The van der Waals surface area contributed by atoms with Crippen molar-refractivity contribution in [1.82, 2.24) is 19.5 Å². The second kappa shape index (κ2) is 18.0. The van der Waals surface area contributed by atoms with Crippen molar-refractivity contribution < 1.29 is 4.57 Å². The summed E-state index contributed by atoms with van der Waals surface area (Å²) < 4.78 is 8.26. The molecule has 17 heteroatoms. The molecule has 0 bridgehead atoms. The van der Waals surface area contributed by atoms with E-state index < -0.39 is 3.36 Å². The Bertz CT molecular complexity index is 1970. The maximum absolute atomic E-state index is 11.6. The van der Waals surface area contributed by atoms with Crippen LogP contribution in [0.15, 0.2) is 94.6 Å².